The summed E-state index contributed by atoms with van der Waals surface area (Å²) >= 11 is 0. The van der Waals surface area contributed by atoms with Gasteiger partial charge < -0.3 is 20.0 Å². The molecule has 0 atom stereocenters. The fraction of sp³-hybridized carbons (Fsp3) is 0.0385. The first kappa shape index (κ1) is 22.5. The topological polar surface area (TPSA) is 146 Å². The van der Waals surface area contributed by atoms with E-state index in [1.54, 1.807) is 66.7 Å². The zero-order valence-electron chi connectivity index (χ0n) is 18.9. The number of anilines is 2. The first-order valence-corrected chi connectivity index (χ1v) is 10.8. The lowest BCUT2D eigenvalue weighted by Crippen LogP contribution is -2.30. The van der Waals surface area contributed by atoms with Crippen LogP contribution in [0.2, 0.25) is 0 Å². The molecule has 1 heterocycles. The van der Waals surface area contributed by atoms with Crippen molar-refractivity contribution in [3.63, 3.8) is 0 Å². The highest BCUT2D eigenvalue weighted by atomic mass is 16.5. The molecule has 178 valence electrons. The number of Topliss-reactive ketones (excluding diaryl/α,β-unsaturated/α-hetero) is 1. The number of amides is 1. The van der Waals surface area contributed by atoms with E-state index in [9.17, 15) is 19.2 Å². The normalized spacial score (nSPS) is 13.8. The molecule has 1 aromatic heterocycles. The number of H-pyrrole nitrogens is 2. The van der Waals surface area contributed by atoms with Gasteiger partial charge in [0.05, 0.1) is 35.0 Å². The van der Waals surface area contributed by atoms with Gasteiger partial charge in [-0.25, -0.2) is 9.59 Å². The number of rotatable bonds is 5. The molecule has 1 aliphatic carbocycles. The highest BCUT2D eigenvalue weighted by molar-refractivity contribution is 6.59. The number of nitrogens with zero attached hydrogens (tertiary/aromatic N) is 1. The summed E-state index contributed by atoms with van der Waals surface area (Å²) in [6.45, 7) is 0. The molecule has 0 unspecified atom stereocenters. The lowest BCUT2D eigenvalue weighted by atomic mass is 9.89. The third kappa shape index (κ3) is 4.18. The van der Waals surface area contributed by atoms with Crippen LogP contribution in [0.1, 0.15) is 21.5 Å². The van der Waals surface area contributed by atoms with Crippen LogP contribution in [0.15, 0.2) is 82.2 Å². The van der Waals surface area contributed by atoms with Crippen LogP contribution in [0, 0.1) is 0 Å². The molecule has 0 bridgehead atoms. The number of aromatic amines is 2. The van der Waals surface area contributed by atoms with Crippen LogP contribution in [-0.4, -0.2) is 40.4 Å². The Bertz CT molecular complexity index is 1660. The van der Waals surface area contributed by atoms with E-state index >= 15 is 0 Å². The zero-order chi connectivity index (χ0) is 25.2. The minimum Gasteiger partial charge on any atom is -0.465 e. The standard InChI is InChI=1S/C26H19N5O5/c1-36-25(34)17-8-4-5-9-19(17)30-31-22-16-7-3-2-6-14(16)12-18(23(22)32)24(33)27-15-10-11-20-21(13-15)29-26(35)28-20/h2-13,30H,1H3,(H,27,33)(H2,28,29,35)/b31-22-. The summed E-state index contributed by atoms with van der Waals surface area (Å²) in [6, 6.07) is 18.5. The molecule has 0 aliphatic heterocycles. The summed E-state index contributed by atoms with van der Waals surface area (Å²) < 4.78 is 4.80. The van der Waals surface area contributed by atoms with Crippen LogP contribution in [0.4, 0.5) is 11.4 Å². The molecule has 36 heavy (non-hydrogen) atoms. The Labute approximate surface area is 203 Å². The summed E-state index contributed by atoms with van der Waals surface area (Å²) in [7, 11) is 1.27. The molecule has 10 nitrogen and oxygen atoms in total. The fourth-order valence-corrected chi connectivity index (χ4v) is 3.88. The Balaban J connectivity index is 1.47. The van der Waals surface area contributed by atoms with E-state index in [0.29, 0.717) is 33.5 Å². The molecular weight excluding hydrogens is 462 g/mol. The number of para-hydroxylation sites is 1. The molecule has 3 aromatic carbocycles. The number of ether oxygens (including phenoxy) is 1. The SMILES string of the molecule is COC(=O)c1ccccc1N/N=C1\C(=O)C(C(=O)Nc2ccc3[nH]c(=O)[nH]c3c2)=Cc2ccccc21. The van der Waals surface area contributed by atoms with Crippen molar-refractivity contribution < 1.29 is 19.1 Å². The van der Waals surface area contributed by atoms with Crippen molar-refractivity contribution in [2.45, 2.75) is 0 Å². The van der Waals surface area contributed by atoms with E-state index in [2.05, 4.69) is 25.8 Å². The first-order chi connectivity index (χ1) is 17.4. The number of hydrogen-bond donors (Lipinski definition) is 4. The monoisotopic (exact) mass is 481 g/mol. The Morgan fingerprint density at radius 2 is 1.67 bits per heavy atom. The van der Waals surface area contributed by atoms with Gasteiger partial charge in [0.25, 0.3) is 5.91 Å². The number of hydrazone groups is 1. The van der Waals surface area contributed by atoms with Crippen molar-refractivity contribution in [2.24, 2.45) is 5.10 Å². The number of benzene rings is 3. The molecule has 10 heteroatoms. The highest BCUT2D eigenvalue weighted by Gasteiger charge is 2.30. The summed E-state index contributed by atoms with van der Waals surface area (Å²) in [4.78, 5) is 55.3. The van der Waals surface area contributed by atoms with Crippen LogP contribution in [0.5, 0.6) is 0 Å². The predicted octanol–water partition coefficient (Wildman–Crippen LogP) is 3.06. The molecule has 0 saturated heterocycles. The second-order valence-corrected chi connectivity index (χ2v) is 7.88. The maximum atomic E-state index is 13.4. The van der Waals surface area contributed by atoms with Crippen LogP contribution in [0.25, 0.3) is 17.1 Å². The number of esters is 1. The lowest BCUT2D eigenvalue weighted by Gasteiger charge is -2.18. The maximum Gasteiger partial charge on any atom is 0.340 e. The average molecular weight is 481 g/mol. The minimum atomic E-state index is -0.630. The van der Waals surface area contributed by atoms with E-state index in [-0.39, 0.29) is 22.5 Å². The number of imidazole rings is 1. The van der Waals surface area contributed by atoms with Crippen molar-refractivity contribution in [1.29, 1.82) is 0 Å². The van der Waals surface area contributed by atoms with E-state index < -0.39 is 17.7 Å². The molecule has 1 amide bonds. The molecule has 4 N–H and O–H groups in total. The number of fused-ring (bicyclic) bond motifs is 2. The van der Waals surface area contributed by atoms with Gasteiger partial charge in [0, 0.05) is 11.3 Å². The van der Waals surface area contributed by atoms with Crippen molar-refractivity contribution in [2.75, 3.05) is 17.9 Å². The van der Waals surface area contributed by atoms with Gasteiger partial charge in [-0.2, -0.15) is 5.10 Å². The molecule has 0 spiro atoms. The Kier molecular flexibility index (Phi) is 5.75. The van der Waals surface area contributed by atoms with Crippen LogP contribution < -0.4 is 16.4 Å². The van der Waals surface area contributed by atoms with Crippen molar-refractivity contribution >= 4 is 51.9 Å². The molecule has 4 aromatic rings. The fourth-order valence-electron chi connectivity index (χ4n) is 3.88. The van der Waals surface area contributed by atoms with E-state index in [4.69, 9.17) is 4.74 Å². The van der Waals surface area contributed by atoms with E-state index in [0.717, 1.165) is 0 Å². The largest absolute Gasteiger partial charge is 0.465 e. The van der Waals surface area contributed by atoms with Crippen molar-refractivity contribution in [1.82, 2.24) is 9.97 Å². The molecule has 5 rings (SSSR count). The quantitative estimate of drug-likeness (QED) is 0.196. The van der Waals surface area contributed by atoms with Gasteiger partial charge in [-0.15, -0.1) is 0 Å². The molecule has 1 aliphatic rings. The number of methoxy groups -OCH3 is 1. The second-order valence-electron chi connectivity index (χ2n) is 7.88. The summed E-state index contributed by atoms with van der Waals surface area (Å²) in [5.41, 5.74) is 5.58. The Hall–Kier alpha value is -5.25. The van der Waals surface area contributed by atoms with Gasteiger partial charge in [0.1, 0.15) is 5.71 Å². The summed E-state index contributed by atoms with van der Waals surface area (Å²) in [6.07, 6.45) is 1.51. The number of carbonyl (C=O) groups excluding carboxylic acids is 3. The van der Waals surface area contributed by atoms with Gasteiger partial charge >= 0.3 is 11.7 Å². The third-order valence-electron chi connectivity index (χ3n) is 5.61. The summed E-state index contributed by atoms with van der Waals surface area (Å²) in [5, 5.41) is 6.98. The Morgan fingerprint density at radius 3 is 2.50 bits per heavy atom. The van der Waals surface area contributed by atoms with Gasteiger partial charge in [-0.3, -0.25) is 15.0 Å². The molecule has 0 radical (unpaired) electrons. The molecular formula is C26H19N5O5. The van der Waals surface area contributed by atoms with Crippen LogP contribution >= 0.6 is 0 Å². The molecule has 0 fully saturated rings. The van der Waals surface area contributed by atoms with Crippen LogP contribution in [-0.2, 0) is 14.3 Å². The lowest BCUT2D eigenvalue weighted by molar-refractivity contribution is -0.116. The number of ketones is 1. The van der Waals surface area contributed by atoms with Crippen molar-refractivity contribution in [3.8, 4) is 0 Å². The van der Waals surface area contributed by atoms with Gasteiger partial charge in [-0.1, -0.05) is 36.4 Å². The second kappa shape index (κ2) is 9.18. The number of nitrogens with one attached hydrogen (secondary N) is 4. The maximum absolute atomic E-state index is 13.4. The van der Waals surface area contributed by atoms with Gasteiger partial charge in [0.2, 0.25) is 5.78 Å². The van der Waals surface area contributed by atoms with Crippen molar-refractivity contribution in [3.05, 3.63) is 99.5 Å². The molecule has 0 saturated carbocycles. The zero-order valence-corrected chi connectivity index (χ0v) is 18.9. The number of carbonyl (C=O) groups is 3. The van der Waals surface area contributed by atoms with Gasteiger partial charge in [0.15, 0.2) is 0 Å². The van der Waals surface area contributed by atoms with Gasteiger partial charge in [-0.05, 0) is 42.0 Å². The first-order valence-electron chi connectivity index (χ1n) is 10.8. The van der Waals surface area contributed by atoms with E-state index in [1.807, 2.05) is 0 Å². The number of hydrogen-bond acceptors (Lipinski definition) is 7. The summed E-state index contributed by atoms with van der Waals surface area (Å²) in [5.74, 6) is -1.78. The average Bonchev–Trinajstić information content (AvgIpc) is 3.26. The highest BCUT2D eigenvalue weighted by Crippen LogP contribution is 2.25. The third-order valence-corrected chi connectivity index (χ3v) is 5.61. The smallest absolute Gasteiger partial charge is 0.340 e. The van der Waals surface area contributed by atoms with Crippen LogP contribution in [0.3, 0.4) is 0 Å². The van der Waals surface area contributed by atoms with E-state index in [1.165, 1.54) is 13.2 Å². The minimum absolute atomic E-state index is 0.0170. The predicted molar refractivity (Wildman–Crippen MR) is 135 cm³/mol. The Morgan fingerprint density at radius 1 is 0.917 bits per heavy atom. The number of aromatic nitrogens is 2.